The van der Waals surface area contributed by atoms with Crippen LogP contribution in [0.1, 0.15) is 13.3 Å². The Labute approximate surface area is 117 Å². The molecule has 0 bridgehead atoms. The number of aliphatic imine (C=N–C) groups is 1. The van der Waals surface area contributed by atoms with Crippen LogP contribution in [-0.4, -0.2) is 47.2 Å². The second kappa shape index (κ2) is 5.83. The van der Waals surface area contributed by atoms with Crippen LogP contribution in [0.5, 0.6) is 0 Å². The van der Waals surface area contributed by atoms with E-state index < -0.39 is 11.9 Å². The fraction of sp³-hybridized carbons (Fsp3) is 0.357. The lowest BCUT2D eigenvalue weighted by molar-refractivity contribution is -0.128. The number of hydrogen-bond donors (Lipinski definition) is 1. The van der Waals surface area contributed by atoms with E-state index >= 15 is 0 Å². The molecule has 0 aromatic heterocycles. The van der Waals surface area contributed by atoms with E-state index in [2.05, 4.69) is 4.99 Å². The van der Waals surface area contributed by atoms with Gasteiger partial charge in [0.05, 0.1) is 5.69 Å². The van der Waals surface area contributed by atoms with Gasteiger partial charge in [-0.05, 0) is 18.6 Å². The van der Waals surface area contributed by atoms with E-state index in [0.717, 1.165) is 11.3 Å². The zero-order valence-corrected chi connectivity index (χ0v) is 11.6. The molecule has 106 valence electrons. The van der Waals surface area contributed by atoms with Crippen molar-refractivity contribution in [3.63, 3.8) is 0 Å². The number of hydrogen-bond acceptors (Lipinski definition) is 4. The summed E-state index contributed by atoms with van der Waals surface area (Å²) < 4.78 is 0. The molecule has 0 radical (unpaired) electrons. The number of likely N-dealkylation sites (N-methyl/N-ethyl adjacent to an activating group) is 1. The maximum Gasteiger partial charge on any atom is 0.331 e. The highest BCUT2D eigenvalue weighted by Crippen LogP contribution is 2.17. The summed E-state index contributed by atoms with van der Waals surface area (Å²) in [5.74, 6) is -0.122. The molecule has 1 fully saturated rings. The Balaban J connectivity index is 2.42. The molecular formula is C14H18N4O2. The van der Waals surface area contributed by atoms with Crippen molar-refractivity contribution in [1.29, 1.82) is 0 Å². The van der Waals surface area contributed by atoms with Gasteiger partial charge in [0.25, 0.3) is 5.91 Å². The van der Waals surface area contributed by atoms with E-state index in [4.69, 9.17) is 5.73 Å². The number of imide groups is 1. The maximum absolute atomic E-state index is 12.2. The second-order valence-electron chi connectivity index (χ2n) is 4.61. The lowest BCUT2D eigenvalue weighted by atomic mass is 10.1. The number of urea groups is 1. The average molecular weight is 274 g/mol. The van der Waals surface area contributed by atoms with E-state index in [9.17, 15) is 9.59 Å². The van der Waals surface area contributed by atoms with Gasteiger partial charge in [0.1, 0.15) is 11.9 Å². The highest BCUT2D eigenvalue weighted by molar-refractivity contribution is 6.20. The van der Waals surface area contributed by atoms with Crippen LogP contribution in [0.4, 0.5) is 10.5 Å². The topological polar surface area (TPSA) is 79.0 Å². The van der Waals surface area contributed by atoms with Crippen LogP contribution in [-0.2, 0) is 4.79 Å². The summed E-state index contributed by atoms with van der Waals surface area (Å²) in [4.78, 5) is 31.0. The molecule has 6 nitrogen and oxygen atoms in total. The van der Waals surface area contributed by atoms with Gasteiger partial charge in [-0.2, -0.15) is 0 Å². The van der Waals surface area contributed by atoms with Crippen molar-refractivity contribution in [3.05, 3.63) is 30.3 Å². The Bertz CT molecular complexity index is 541. The summed E-state index contributed by atoms with van der Waals surface area (Å²) in [7, 11) is 1.44. The highest BCUT2D eigenvalue weighted by atomic mass is 16.2. The zero-order chi connectivity index (χ0) is 14.7. The van der Waals surface area contributed by atoms with Crippen molar-refractivity contribution in [1.82, 2.24) is 9.80 Å². The van der Waals surface area contributed by atoms with E-state index in [1.54, 1.807) is 12.1 Å². The van der Waals surface area contributed by atoms with Crippen LogP contribution in [0.15, 0.2) is 35.3 Å². The summed E-state index contributed by atoms with van der Waals surface area (Å²) in [6.07, 6.45) is 0.758. The van der Waals surface area contributed by atoms with Gasteiger partial charge in [0.2, 0.25) is 0 Å². The highest BCUT2D eigenvalue weighted by Gasteiger charge is 2.40. The van der Waals surface area contributed by atoms with Gasteiger partial charge >= 0.3 is 6.03 Å². The van der Waals surface area contributed by atoms with Gasteiger partial charge < -0.3 is 5.73 Å². The third-order valence-corrected chi connectivity index (χ3v) is 3.12. The number of nitrogens with zero attached hydrogens (tertiary/aromatic N) is 3. The summed E-state index contributed by atoms with van der Waals surface area (Å²) in [5, 5.41) is 0. The molecule has 2 rings (SSSR count). The van der Waals surface area contributed by atoms with Gasteiger partial charge in [0.15, 0.2) is 0 Å². The molecule has 2 N–H and O–H groups in total. The quantitative estimate of drug-likeness (QED) is 0.903. The minimum Gasteiger partial charge on any atom is -0.314 e. The first-order valence-electron chi connectivity index (χ1n) is 6.54. The van der Waals surface area contributed by atoms with Crippen molar-refractivity contribution in [2.24, 2.45) is 10.7 Å². The van der Waals surface area contributed by atoms with E-state index in [1.165, 1.54) is 11.9 Å². The Morgan fingerprint density at radius 1 is 1.25 bits per heavy atom. The Kier molecular flexibility index (Phi) is 4.14. The summed E-state index contributed by atoms with van der Waals surface area (Å²) in [6, 6.07) is 7.87. The number of carbonyl (C=O) groups excluding carboxylic acids is 2. The predicted octanol–water partition coefficient (Wildman–Crippen LogP) is 1.35. The SMILES string of the molecule is CCCN1C(=O)N(C)C(=O)C(N)C1=Nc1ccccc1. The third-order valence-electron chi connectivity index (χ3n) is 3.12. The molecule has 1 atom stereocenters. The average Bonchev–Trinajstić information content (AvgIpc) is 2.47. The number of para-hydroxylation sites is 1. The normalized spacial score (nSPS) is 21.8. The molecule has 1 heterocycles. The van der Waals surface area contributed by atoms with Crippen LogP contribution in [0.3, 0.4) is 0 Å². The molecule has 0 aliphatic carbocycles. The molecule has 0 spiro atoms. The summed E-state index contributed by atoms with van der Waals surface area (Å²) >= 11 is 0. The van der Waals surface area contributed by atoms with Gasteiger partial charge in [0, 0.05) is 13.6 Å². The lowest BCUT2D eigenvalue weighted by Crippen LogP contribution is -2.63. The van der Waals surface area contributed by atoms with Crippen LogP contribution in [0.25, 0.3) is 0 Å². The zero-order valence-electron chi connectivity index (χ0n) is 11.6. The molecule has 0 saturated carbocycles. The molecule has 20 heavy (non-hydrogen) atoms. The molecule has 6 heteroatoms. The molecule has 1 aromatic rings. The Morgan fingerprint density at radius 2 is 1.90 bits per heavy atom. The van der Waals surface area contributed by atoms with Crippen molar-refractivity contribution in [2.45, 2.75) is 19.4 Å². The van der Waals surface area contributed by atoms with Gasteiger partial charge in [-0.3, -0.25) is 14.6 Å². The van der Waals surface area contributed by atoms with Crippen LogP contribution in [0, 0.1) is 0 Å². The van der Waals surface area contributed by atoms with Gasteiger partial charge in [-0.25, -0.2) is 9.79 Å². The molecule has 1 aliphatic heterocycles. The number of rotatable bonds is 3. The first-order chi connectivity index (χ1) is 9.56. The van der Waals surface area contributed by atoms with E-state index in [0.29, 0.717) is 18.1 Å². The van der Waals surface area contributed by atoms with E-state index in [1.807, 2.05) is 25.1 Å². The number of amides is 3. The van der Waals surface area contributed by atoms with Crippen LogP contribution < -0.4 is 5.73 Å². The largest absolute Gasteiger partial charge is 0.331 e. The summed E-state index contributed by atoms with van der Waals surface area (Å²) in [6.45, 7) is 2.44. The fourth-order valence-corrected chi connectivity index (χ4v) is 2.06. The Hall–Kier alpha value is -2.21. The molecule has 1 unspecified atom stereocenters. The monoisotopic (exact) mass is 274 g/mol. The first-order valence-corrected chi connectivity index (χ1v) is 6.54. The maximum atomic E-state index is 12.2. The summed E-state index contributed by atoms with van der Waals surface area (Å²) in [5.41, 5.74) is 6.60. The molecule has 1 aromatic carbocycles. The number of carbonyl (C=O) groups is 2. The van der Waals surface area contributed by atoms with Crippen molar-refractivity contribution >= 4 is 23.5 Å². The standard InChI is InChI=1S/C14H18N4O2/c1-3-9-18-12(16-10-7-5-4-6-8-10)11(15)13(19)17(2)14(18)20/h4-8,11H,3,9,15H2,1-2H3. The number of nitrogens with two attached hydrogens (primary N) is 1. The number of benzene rings is 1. The third kappa shape index (κ3) is 2.55. The number of amidine groups is 1. The second-order valence-corrected chi connectivity index (χ2v) is 4.61. The predicted molar refractivity (Wildman–Crippen MR) is 76.7 cm³/mol. The van der Waals surface area contributed by atoms with Gasteiger partial charge in [-0.1, -0.05) is 25.1 Å². The van der Waals surface area contributed by atoms with Crippen molar-refractivity contribution in [3.8, 4) is 0 Å². The molecular weight excluding hydrogens is 256 g/mol. The minimum atomic E-state index is -0.913. The smallest absolute Gasteiger partial charge is 0.314 e. The minimum absolute atomic E-state index is 0.311. The van der Waals surface area contributed by atoms with Crippen LogP contribution >= 0.6 is 0 Å². The molecule has 3 amide bonds. The van der Waals surface area contributed by atoms with E-state index in [-0.39, 0.29) is 6.03 Å². The molecule has 1 aliphatic rings. The first kappa shape index (κ1) is 14.2. The Morgan fingerprint density at radius 3 is 2.50 bits per heavy atom. The fourth-order valence-electron chi connectivity index (χ4n) is 2.06. The lowest BCUT2D eigenvalue weighted by Gasteiger charge is -2.36. The van der Waals surface area contributed by atoms with Crippen LogP contribution in [0.2, 0.25) is 0 Å². The molecule has 1 saturated heterocycles. The van der Waals surface area contributed by atoms with Crippen molar-refractivity contribution in [2.75, 3.05) is 13.6 Å². The van der Waals surface area contributed by atoms with Gasteiger partial charge in [-0.15, -0.1) is 0 Å². The van der Waals surface area contributed by atoms with Crippen molar-refractivity contribution < 1.29 is 9.59 Å².